The first kappa shape index (κ1) is 24.4. The van der Waals surface area contributed by atoms with Crippen molar-refractivity contribution in [2.45, 2.75) is 77.4 Å². The summed E-state index contributed by atoms with van der Waals surface area (Å²) in [5.41, 5.74) is 3.85. The molecule has 1 aliphatic rings. The summed E-state index contributed by atoms with van der Waals surface area (Å²) in [5, 5.41) is 0. The third kappa shape index (κ3) is 7.70. The molecule has 2 aromatic rings. The van der Waals surface area contributed by atoms with Crippen LogP contribution in [0.25, 0.3) is 0 Å². The number of rotatable bonds is 10. The van der Waals surface area contributed by atoms with Gasteiger partial charge in [0.1, 0.15) is 0 Å². The van der Waals surface area contributed by atoms with E-state index in [1.54, 1.807) is 12.1 Å². The van der Waals surface area contributed by atoms with Crippen LogP contribution in [0.3, 0.4) is 0 Å². The molecule has 172 valence electrons. The van der Waals surface area contributed by atoms with E-state index in [0.29, 0.717) is 17.4 Å². The van der Waals surface area contributed by atoms with Crippen molar-refractivity contribution in [2.75, 3.05) is 0 Å². The molecule has 1 saturated carbocycles. The van der Waals surface area contributed by atoms with Gasteiger partial charge in [-0.25, -0.2) is 0 Å². The second kappa shape index (κ2) is 12.1. The minimum absolute atomic E-state index is 0.0806. The van der Waals surface area contributed by atoms with Gasteiger partial charge in [0.05, 0.1) is 13.0 Å². The van der Waals surface area contributed by atoms with Gasteiger partial charge < -0.3 is 4.74 Å². The van der Waals surface area contributed by atoms with Gasteiger partial charge >= 0.3 is 6.11 Å². The van der Waals surface area contributed by atoms with Crippen molar-refractivity contribution in [1.82, 2.24) is 0 Å². The second-order valence-electron chi connectivity index (χ2n) is 8.91. The van der Waals surface area contributed by atoms with E-state index in [0.717, 1.165) is 24.0 Å². The summed E-state index contributed by atoms with van der Waals surface area (Å²) in [6.45, 7) is 4.00. The number of allylic oxidation sites excluding steroid dienone is 4. The van der Waals surface area contributed by atoms with Crippen molar-refractivity contribution in [1.29, 1.82) is 0 Å². The highest BCUT2D eigenvalue weighted by Crippen LogP contribution is 2.36. The van der Waals surface area contributed by atoms with Crippen molar-refractivity contribution < 1.29 is 13.5 Å². The molecule has 0 aromatic heterocycles. The Morgan fingerprint density at radius 2 is 1.47 bits per heavy atom. The summed E-state index contributed by atoms with van der Waals surface area (Å²) in [4.78, 5) is 0. The molecule has 0 saturated heterocycles. The Hall–Kier alpha value is -2.26. The highest BCUT2D eigenvalue weighted by Gasteiger charge is 2.30. The van der Waals surface area contributed by atoms with Crippen LogP contribution in [-0.2, 0) is 24.2 Å². The number of halogens is 2. The molecule has 0 atom stereocenters. The van der Waals surface area contributed by atoms with Crippen molar-refractivity contribution in [3.63, 3.8) is 0 Å². The Bertz CT molecular complexity index is 857. The van der Waals surface area contributed by atoms with E-state index in [1.807, 2.05) is 37.3 Å². The largest absolute Gasteiger partial charge is 0.360 e. The number of alkyl halides is 2. The molecule has 2 aromatic carbocycles. The Balaban J connectivity index is 1.47. The van der Waals surface area contributed by atoms with E-state index in [1.165, 1.54) is 31.2 Å². The number of ether oxygens (including phenoxy) is 1. The lowest BCUT2D eigenvalue weighted by molar-refractivity contribution is -0.244. The predicted octanol–water partition coefficient (Wildman–Crippen LogP) is 8.40. The number of hydrogen-bond acceptors (Lipinski definition) is 1. The Labute approximate surface area is 192 Å². The SMILES string of the molecule is CC=CCCc1ccc(CC(F)(F)OCc2ccc(C3CCC(C=CC)CC3)cc2)cc1. The number of benzene rings is 2. The highest BCUT2D eigenvalue weighted by molar-refractivity contribution is 5.26. The maximum Gasteiger partial charge on any atom is 0.360 e. The molecule has 3 rings (SSSR count). The third-order valence-corrected chi connectivity index (χ3v) is 6.41. The van der Waals surface area contributed by atoms with Crippen molar-refractivity contribution >= 4 is 0 Å². The van der Waals surface area contributed by atoms with Crippen LogP contribution >= 0.6 is 0 Å². The first-order valence-corrected chi connectivity index (χ1v) is 11.9. The van der Waals surface area contributed by atoms with Crippen LogP contribution in [0.5, 0.6) is 0 Å². The quantitative estimate of drug-likeness (QED) is 0.338. The molecule has 0 amide bonds. The van der Waals surface area contributed by atoms with Crippen LogP contribution in [0.2, 0.25) is 0 Å². The third-order valence-electron chi connectivity index (χ3n) is 6.41. The Morgan fingerprint density at radius 3 is 2.09 bits per heavy atom. The average molecular weight is 439 g/mol. The monoisotopic (exact) mass is 438 g/mol. The lowest BCUT2D eigenvalue weighted by atomic mass is 9.78. The molecule has 1 fully saturated rings. The number of aryl methyl sites for hydroxylation is 1. The molecule has 0 radical (unpaired) electrons. The standard InChI is InChI=1S/C29H36F2O/c1-3-5-6-8-24-9-11-25(12-10-24)21-29(30,31)32-22-26-15-19-28(20-16-26)27-17-13-23(7-4-2)14-18-27/h3-5,7,9-12,15-16,19-20,23,27H,6,8,13-14,17-18,21-22H2,1-2H3. The average Bonchev–Trinajstić information content (AvgIpc) is 2.80. The van der Waals surface area contributed by atoms with Gasteiger partial charge in [-0.15, -0.1) is 0 Å². The van der Waals surface area contributed by atoms with E-state index in [2.05, 4.69) is 37.3 Å². The minimum Gasteiger partial charge on any atom is -0.315 e. The van der Waals surface area contributed by atoms with Crippen LogP contribution in [0.4, 0.5) is 8.78 Å². The van der Waals surface area contributed by atoms with Crippen LogP contribution in [-0.4, -0.2) is 6.11 Å². The maximum absolute atomic E-state index is 14.4. The molecule has 0 spiro atoms. The van der Waals surface area contributed by atoms with Gasteiger partial charge in [-0.3, -0.25) is 0 Å². The van der Waals surface area contributed by atoms with Gasteiger partial charge in [-0.05, 0) is 86.5 Å². The van der Waals surface area contributed by atoms with E-state index in [4.69, 9.17) is 4.74 Å². The molecule has 1 aliphatic carbocycles. The first-order chi connectivity index (χ1) is 15.5. The molecular formula is C29H36F2O. The molecule has 3 heteroatoms. The second-order valence-corrected chi connectivity index (χ2v) is 8.91. The molecule has 0 bridgehead atoms. The molecular weight excluding hydrogens is 402 g/mol. The smallest absolute Gasteiger partial charge is 0.315 e. The highest BCUT2D eigenvalue weighted by atomic mass is 19.3. The zero-order chi connectivity index (χ0) is 22.8. The van der Waals surface area contributed by atoms with Gasteiger partial charge in [0.25, 0.3) is 0 Å². The van der Waals surface area contributed by atoms with Gasteiger partial charge in [-0.1, -0.05) is 72.8 Å². The van der Waals surface area contributed by atoms with Gasteiger partial charge in [0.2, 0.25) is 0 Å². The van der Waals surface area contributed by atoms with E-state index < -0.39 is 12.5 Å². The summed E-state index contributed by atoms with van der Waals surface area (Å²) in [7, 11) is 0. The van der Waals surface area contributed by atoms with Crippen LogP contribution in [0, 0.1) is 5.92 Å². The summed E-state index contributed by atoms with van der Waals surface area (Å²) in [5.74, 6) is 1.29. The van der Waals surface area contributed by atoms with Gasteiger partial charge in [0.15, 0.2) is 0 Å². The summed E-state index contributed by atoms with van der Waals surface area (Å²) < 4.78 is 33.8. The van der Waals surface area contributed by atoms with Crippen molar-refractivity contribution in [2.24, 2.45) is 5.92 Å². The van der Waals surface area contributed by atoms with E-state index >= 15 is 0 Å². The molecule has 0 N–H and O–H groups in total. The van der Waals surface area contributed by atoms with Crippen LogP contribution < -0.4 is 0 Å². The summed E-state index contributed by atoms with van der Waals surface area (Å²) >= 11 is 0. The Kier molecular flexibility index (Phi) is 9.23. The molecule has 32 heavy (non-hydrogen) atoms. The minimum atomic E-state index is -3.18. The lowest BCUT2D eigenvalue weighted by Gasteiger charge is -2.27. The van der Waals surface area contributed by atoms with Gasteiger partial charge in [-0.2, -0.15) is 8.78 Å². The maximum atomic E-state index is 14.4. The molecule has 0 unspecified atom stereocenters. The number of hydrogen-bond donors (Lipinski definition) is 0. The van der Waals surface area contributed by atoms with Crippen molar-refractivity contribution in [3.8, 4) is 0 Å². The Morgan fingerprint density at radius 1 is 0.844 bits per heavy atom. The molecule has 0 heterocycles. The fourth-order valence-corrected chi connectivity index (χ4v) is 4.52. The predicted molar refractivity (Wildman–Crippen MR) is 129 cm³/mol. The van der Waals surface area contributed by atoms with E-state index in [9.17, 15) is 8.78 Å². The summed E-state index contributed by atoms with van der Waals surface area (Å²) in [6.07, 6.45) is 11.7. The zero-order valence-electron chi connectivity index (χ0n) is 19.4. The zero-order valence-corrected chi connectivity index (χ0v) is 19.4. The topological polar surface area (TPSA) is 9.23 Å². The molecule has 0 aliphatic heterocycles. The normalized spacial score (nSPS) is 19.8. The lowest BCUT2D eigenvalue weighted by Crippen LogP contribution is -2.23. The summed E-state index contributed by atoms with van der Waals surface area (Å²) in [6, 6.07) is 15.5. The van der Waals surface area contributed by atoms with E-state index in [-0.39, 0.29) is 6.61 Å². The fraction of sp³-hybridized carbons (Fsp3) is 0.448. The van der Waals surface area contributed by atoms with Crippen LogP contribution in [0.1, 0.15) is 74.1 Å². The van der Waals surface area contributed by atoms with Crippen LogP contribution in [0.15, 0.2) is 72.8 Å². The fourth-order valence-electron chi connectivity index (χ4n) is 4.52. The van der Waals surface area contributed by atoms with Gasteiger partial charge in [0, 0.05) is 0 Å². The molecule has 1 nitrogen and oxygen atoms in total. The van der Waals surface area contributed by atoms with Crippen molar-refractivity contribution in [3.05, 3.63) is 95.1 Å². The first-order valence-electron chi connectivity index (χ1n) is 11.9.